The zero-order chi connectivity index (χ0) is 11.3. The zero-order valence-corrected chi connectivity index (χ0v) is 8.79. The molecule has 0 heterocycles. The molecule has 0 radical (unpaired) electrons. The molecule has 4 N–H and O–H groups in total. The Labute approximate surface area is 89.0 Å². The van der Waals surface area contributed by atoms with Gasteiger partial charge in [0.25, 0.3) is 0 Å². The average Bonchev–Trinajstić information content (AvgIpc) is 2.17. The number of rotatable bonds is 4. The number of nitrogens with one attached hydrogen (secondary N) is 1. The van der Waals surface area contributed by atoms with E-state index in [0.717, 1.165) is 32.1 Å². The van der Waals surface area contributed by atoms with Crippen LogP contribution in [0.2, 0.25) is 0 Å². The molecule has 1 aliphatic carbocycles. The average molecular weight is 214 g/mol. The third kappa shape index (κ3) is 3.51. The van der Waals surface area contributed by atoms with Crippen LogP contribution in [0, 0.1) is 0 Å². The van der Waals surface area contributed by atoms with Gasteiger partial charge in [-0.3, -0.25) is 9.59 Å². The summed E-state index contributed by atoms with van der Waals surface area (Å²) in [7, 11) is 0. The Kier molecular flexibility index (Phi) is 4.08. The summed E-state index contributed by atoms with van der Waals surface area (Å²) in [5.74, 6) is -1.13. The Bertz CT molecular complexity index is 247. The first-order valence-corrected chi connectivity index (χ1v) is 5.31. The fraction of sp³-hybridized carbons (Fsp3) is 0.800. The van der Waals surface area contributed by atoms with Crippen molar-refractivity contribution in [1.82, 2.24) is 5.32 Å². The maximum atomic E-state index is 11.2. The van der Waals surface area contributed by atoms with Gasteiger partial charge in [0.05, 0.1) is 18.5 Å². The third-order valence-electron chi connectivity index (χ3n) is 2.89. The molecule has 0 aromatic carbocycles. The van der Waals surface area contributed by atoms with Crippen molar-refractivity contribution in [3.63, 3.8) is 0 Å². The molecule has 15 heavy (non-hydrogen) atoms. The lowest BCUT2D eigenvalue weighted by molar-refractivity contribution is -0.139. The Morgan fingerprint density at radius 2 is 1.87 bits per heavy atom. The summed E-state index contributed by atoms with van der Waals surface area (Å²) in [6.07, 6.45) is 4.53. The van der Waals surface area contributed by atoms with Crippen LogP contribution in [-0.4, -0.2) is 29.1 Å². The number of carbonyl (C=O) groups excluding carboxylic acids is 1. The van der Waals surface area contributed by atoms with E-state index in [1.807, 2.05) is 0 Å². The molecule has 0 bridgehead atoms. The van der Waals surface area contributed by atoms with Crippen LogP contribution in [0.25, 0.3) is 0 Å². The van der Waals surface area contributed by atoms with E-state index >= 15 is 0 Å². The minimum Gasteiger partial charge on any atom is -0.481 e. The first kappa shape index (κ1) is 12.0. The van der Waals surface area contributed by atoms with Gasteiger partial charge in [0.15, 0.2) is 0 Å². The number of carboxylic acid groups (broad SMARTS) is 1. The number of hydrogen-bond acceptors (Lipinski definition) is 3. The molecule has 0 aliphatic heterocycles. The molecule has 1 amide bonds. The quantitative estimate of drug-likeness (QED) is 0.625. The van der Waals surface area contributed by atoms with Crippen LogP contribution in [-0.2, 0) is 9.59 Å². The second-order valence-corrected chi connectivity index (χ2v) is 4.16. The predicted octanol–water partition coefficient (Wildman–Crippen LogP) is 0.239. The monoisotopic (exact) mass is 214 g/mol. The molecule has 0 saturated heterocycles. The van der Waals surface area contributed by atoms with Crippen molar-refractivity contribution in [1.29, 1.82) is 0 Å². The van der Waals surface area contributed by atoms with Gasteiger partial charge in [-0.25, -0.2) is 0 Å². The molecular weight excluding hydrogens is 196 g/mol. The third-order valence-corrected chi connectivity index (χ3v) is 2.89. The number of nitrogens with two attached hydrogens (primary N) is 1. The van der Waals surface area contributed by atoms with Gasteiger partial charge in [0.2, 0.25) is 5.91 Å². The van der Waals surface area contributed by atoms with E-state index in [-0.39, 0.29) is 18.9 Å². The largest absolute Gasteiger partial charge is 0.481 e. The second kappa shape index (κ2) is 5.11. The van der Waals surface area contributed by atoms with E-state index in [0.29, 0.717) is 0 Å². The second-order valence-electron chi connectivity index (χ2n) is 4.16. The Morgan fingerprint density at radius 3 is 2.33 bits per heavy atom. The van der Waals surface area contributed by atoms with Gasteiger partial charge < -0.3 is 16.2 Å². The molecule has 0 unspecified atom stereocenters. The van der Waals surface area contributed by atoms with Crippen LogP contribution in [0.1, 0.15) is 38.5 Å². The summed E-state index contributed by atoms with van der Waals surface area (Å²) in [5.41, 5.74) is 4.66. The topological polar surface area (TPSA) is 92.4 Å². The first-order valence-electron chi connectivity index (χ1n) is 5.31. The van der Waals surface area contributed by atoms with Crippen LogP contribution in [0.15, 0.2) is 0 Å². The number of carbonyl (C=O) groups is 2. The number of carboxylic acids is 1. The minimum absolute atomic E-state index is 0.00125. The molecule has 1 rings (SSSR count). The number of amides is 1. The molecular formula is C10H18N2O3. The van der Waals surface area contributed by atoms with Crippen molar-refractivity contribution < 1.29 is 14.7 Å². The molecule has 5 nitrogen and oxygen atoms in total. The van der Waals surface area contributed by atoms with Gasteiger partial charge in [0, 0.05) is 0 Å². The van der Waals surface area contributed by atoms with Gasteiger partial charge in [-0.2, -0.15) is 0 Å². The lowest BCUT2D eigenvalue weighted by Crippen LogP contribution is -2.52. The fourth-order valence-corrected chi connectivity index (χ4v) is 2.21. The van der Waals surface area contributed by atoms with Crippen molar-refractivity contribution in [3.05, 3.63) is 0 Å². The van der Waals surface area contributed by atoms with Crippen molar-refractivity contribution in [2.45, 2.75) is 44.1 Å². The lowest BCUT2D eigenvalue weighted by Gasteiger charge is -2.36. The van der Waals surface area contributed by atoms with E-state index < -0.39 is 11.5 Å². The minimum atomic E-state index is -0.866. The Balaban J connectivity index is 2.65. The standard InChI is InChI=1S/C10H18N2O3/c11-7-8(13)12-10(6-9(14)15)4-2-1-3-5-10/h1-7,11H2,(H,12,13)(H,14,15). The molecule has 5 heteroatoms. The number of aliphatic carboxylic acids is 1. The van der Waals surface area contributed by atoms with Crippen molar-refractivity contribution in [2.24, 2.45) is 5.73 Å². The molecule has 0 atom stereocenters. The van der Waals surface area contributed by atoms with Crippen molar-refractivity contribution in [3.8, 4) is 0 Å². The fourth-order valence-electron chi connectivity index (χ4n) is 2.21. The lowest BCUT2D eigenvalue weighted by atomic mass is 9.79. The van der Waals surface area contributed by atoms with E-state index in [1.54, 1.807) is 0 Å². The normalized spacial score (nSPS) is 19.5. The smallest absolute Gasteiger partial charge is 0.305 e. The van der Waals surface area contributed by atoms with Gasteiger partial charge in [0.1, 0.15) is 0 Å². The molecule has 86 valence electrons. The summed E-state index contributed by atoms with van der Waals surface area (Å²) < 4.78 is 0. The first-order chi connectivity index (χ1) is 7.08. The van der Waals surface area contributed by atoms with E-state index in [9.17, 15) is 9.59 Å². The highest BCUT2D eigenvalue weighted by Crippen LogP contribution is 2.30. The maximum absolute atomic E-state index is 11.2. The van der Waals surface area contributed by atoms with Gasteiger partial charge in [-0.05, 0) is 12.8 Å². The summed E-state index contributed by atoms with van der Waals surface area (Å²) in [6.45, 7) is -0.0820. The molecule has 1 fully saturated rings. The highest BCUT2D eigenvalue weighted by atomic mass is 16.4. The SMILES string of the molecule is NCC(=O)NC1(CC(=O)O)CCCCC1. The van der Waals surface area contributed by atoms with E-state index in [1.165, 1.54) is 0 Å². The summed E-state index contributed by atoms with van der Waals surface area (Å²) in [6, 6.07) is 0. The van der Waals surface area contributed by atoms with Crippen molar-refractivity contribution in [2.75, 3.05) is 6.54 Å². The highest BCUT2D eigenvalue weighted by Gasteiger charge is 2.35. The summed E-state index contributed by atoms with van der Waals surface area (Å²) in [5, 5.41) is 11.6. The van der Waals surface area contributed by atoms with Gasteiger partial charge in [-0.15, -0.1) is 0 Å². The molecule has 0 aromatic rings. The van der Waals surface area contributed by atoms with Crippen LogP contribution in [0.5, 0.6) is 0 Å². The van der Waals surface area contributed by atoms with Crippen molar-refractivity contribution >= 4 is 11.9 Å². The summed E-state index contributed by atoms with van der Waals surface area (Å²) in [4.78, 5) is 22.0. The van der Waals surface area contributed by atoms with Crippen LogP contribution >= 0.6 is 0 Å². The van der Waals surface area contributed by atoms with Crippen LogP contribution in [0.3, 0.4) is 0 Å². The Hall–Kier alpha value is -1.10. The van der Waals surface area contributed by atoms with E-state index in [2.05, 4.69) is 5.32 Å². The molecule has 1 saturated carbocycles. The van der Waals surface area contributed by atoms with E-state index in [4.69, 9.17) is 10.8 Å². The van der Waals surface area contributed by atoms with Gasteiger partial charge in [-0.1, -0.05) is 19.3 Å². The zero-order valence-electron chi connectivity index (χ0n) is 8.79. The predicted molar refractivity (Wildman–Crippen MR) is 55.3 cm³/mol. The van der Waals surface area contributed by atoms with Crippen LogP contribution in [0.4, 0.5) is 0 Å². The van der Waals surface area contributed by atoms with Crippen LogP contribution < -0.4 is 11.1 Å². The van der Waals surface area contributed by atoms with Gasteiger partial charge >= 0.3 is 5.97 Å². The molecule has 0 aromatic heterocycles. The maximum Gasteiger partial charge on any atom is 0.305 e. The summed E-state index contributed by atoms with van der Waals surface area (Å²) >= 11 is 0. The molecule has 1 aliphatic rings. The highest BCUT2D eigenvalue weighted by molar-refractivity contribution is 5.79. The number of hydrogen-bond donors (Lipinski definition) is 3. The molecule has 0 spiro atoms. The Morgan fingerprint density at radius 1 is 1.27 bits per heavy atom.